The Labute approximate surface area is 98.4 Å². The SMILES string of the molecule is CC(=O)N1C[C@H](O)C[C@H]1C(=O)N[C@@H](C)C(=O)O. The van der Waals surface area contributed by atoms with Crippen LogP contribution >= 0.6 is 0 Å². The van der Waals surface area contributed by atoms with E-state index < -0.39 is 30.1 Å². The molecule has 0 bridgehead atoms. The fourth-order valence-corrected chi connectivity index (χ4v) is 1.78. The van der Waals surface area contributed by atoms with Gasteiger partial charge in [-0.2, -0.15) is 0 Å². The average molecular weight is 244 g/mol. The second-order valence-electron chi connectivity index (χ2n) is 4.15. The number of aliphatic hydroxyl groups is 1. The minimum absolute atomic E-state index is 0.106. The highest BCUT2D eigenvalue weighted by Crippen LogP contribution is 2.18. The molecule has 0 aromatic heterocycles. The number of nitrogens with zero attached hydrogens (tertiary/aromatic N) is 1. The Kier molecular flexibility index (Phi) is 4.06. The molecular formula is C10H16N2O5. The molecule has 7 nitrogen and oxygen atoms in total. The molecule has 1 aliphatic heterocycles. The van der Waals surface area contributed by atoms with E-state index in [4.69, 9.17) is 5.11 Å². The van der Waals surface area contributed by atoms with Crippen molar-refractivity contribution in [1.82, 2.24) is 10.2 Å². The summed E-state index contributed by atoms with van der Waals surface area (Å²) in [4.78, 5) is 34.8. The number of hydrogen-bond donors (Lipinski definition) is 3. The van der Waals surface area contributed by atoms with E-state index in [-0.39, 0.29) is 18.9 Å². The molecule has 1 heterocycles. The molecule has 0 saturated carbocycles. The van der Waals surface area contributed by atoms with Gasteiger partial charge in [0.15, 0.2) is 0 Å². The smallest absolute Gasteiger partial charge is 0.325 e. The van der Waals surface area contributed by atoms with Gasteiger partial charge >= 0.3 is 5.97 Å². The first kappa shape index (κ1) is 13.4. The molecule has 0 spiro atoms. The maximum atomic E-state index is 11.7. The molecule has 3 N–H and O–H groups in total. The maximum absolute atomic E-state index is 11.7. The van der Waals surface area contributed by atoms with Crippen LogP contribution < -0.4 is 5.32 Å². The summed E-state index contributed by atoms with van der Waals surface area (Å²) in [5, 5.41) is 20.4. The third-order valence-electron chi connectivity index (χ3n) is 2.72. The second-order valence-corrected chi connectivity index (χ2v) is 4.15. The Morgan fingerprint density at radius 3 is 2.47 bits per heavy atom. The van der Waals surface area contributed by atoms with Crippen molar-refractivity contribution in [2.24, 2.45) is 0 Å². The average Bonchev–Trinajstić information content (AvgIpc) is 2.60. The van der Waals surface area contributed by atoms with Gasteiger partial charge in [0.05, 0.1) is 6.10 Å². The van der Waals surface area contributed by atoms with E-state index in [1.807, 2.05) is 0 Å². The Morgan fingerprint density at radius 2 is 2.00 bits per heavy atom. The molecule has 0 unspecified atom stereocenters. The molecule has 1 aliphatic rings. The Morgan fingerprint density at radius 1 is 1.41 bits per heavy atom. The standard InChI is InChI=1S/C10H16N2O5/c1-5(10(16)17)11-9(15)8-3-7(14)4-12(8)6(2)13/h5,7-8,14H,3-4H2,1-2H3,(H,11,15)(H,16,17)/t5-,7+,8-/m0/s1. The minimum Gasteiger partial charge on any atom is -0.480 e. The number of likely N-dealkylation sites (tertiary alicyclic amines) is 1. The Bertz CT molecular complexity index is 344. The van der Waals surface area contributed by atoms with Crippen molar-refractivity contribution in [3.8, 4) is 0 Å². The van der Waals surface area contributed by atoms with E-state index in [9.17, 15) is 19.5 Å². The third kappa shape index (κ3) is 3.16. The first-order valence-electron chi connectivity index (χ1n) is 5.31. The summed E-state index contributed by atoms with van der Waals surface area (Å²) in [5.41, 5.74) is 0. The molecule has 1 rings (SSSR count). The molecule has 7 heteroatoms. The summed E-state index contributed by atoms with van der Waals surface area (Å²) in [5.74, 6) is -2.01. The van der Waals surface area contributed by atoms with Gasteiger partial charge in [0.1, 0.15) is 12.1 Å². The number of amides is 2. The van der Waals surface area contributed by atoms with Crippen molar-refractivity contribution >= 4 is 17.8 Å². The van der Waals surface area contributed by atoms with Crippen molar-refractivity contribution in [1.29, 1.82) is 0 Å². The van der Waals surface area contributed by atoms with Gasteiger partial charge in [0, 0.05) is 19.9 Å². The lowest BCUT2D eigenvalue weighted by Gasteiger charge is -2.22. The number of carbonyl (C=O) groups is 3. The zero-order valence-corrected chi connectivity index (χ0v) is 9.71. The molecule has 1 fully saturated rings. The van der Waals surface area contributed by atoms with Crippen LogP contribution in [0.5, 0.6) is 0 Å². The van der Waals surface area contributed by atoms with Crippen LogP contribution in [0.4, 0.5) is 0 Å². The highest BCUT2D eigenvalue weighted by Gasteiger charge is 2.38. The lowest BCUT2D eigenvalue weighted by Crippen LogP contribution is -2.49. The van der Waals surface area contributed by atoms with Crippen LogP contribution in [0, 0.1) is 0 Å². The highest BCUT2D eigenvalue weighted by atomic mass is 16.4. The van der Waals surface area contributed by atoms with Crippen LogP contribution in [-0.2, 0) is 14.4 Å². The highest BCUT2D eigenvalue weighted by molar-refractivity contribution is 5.90. The maximum Gasteiger partial charge on any atom is 0.325 e. The van der Waals surface area contributed by atoms with E-state index in [1.165, 1.54) is 18.7 Å². The molecule has 3 atom stereocenters. The van der Waals surface area contributed by atoms with E-state index in [2.05, 4.69) is 5.32 Å². The van der Waals surface area contributed by atoms with Crippen LogP contribution in [0.25, 0.3) is 0 Å². The van der Waals surface area contributed by atoms with E-state index in [0.29, 0.717) is 0 Å². The van der Waals surface area contributed by atoms with Crippen molar-refractivity contribution in [3.05, 3.63) is 0 Å². The number of carboxylic acid groups (broad SMARTS) is 1. The van der Waals surface area contributed by atoms with Gasteiger partial charge in [-0.3, -0.25) is 14.4 Å². The molecule has 0 aromatic carbocycles. The predicted molar refractivity (Wildman–Crippen MR) is 57.0 cm³/mol. The fourth-order valence-electron chi connectivity index (χ4n) is 1.78. The minimum atomic E-state index is -1.15. The van der Waals surface area contributed by atoms with E-state index in [1.54, 1.807) is 0 Å². The Balaban J connectivity index is 2.67. The number of carboxylic acids is 1. The zero-order valence-electron chi connectivity index (χ0n) is 9.71. The summed E-state index contributed by atoms with van der Waals surface area (Å²) in [6.07, 6.45) is -0.604. The fraction of sp³-hybridized carbons (Fsp3) is 0.700. The molecule has 96 valence electrons. The molecule has 17 heavy (non-hydrogen) atoms. The summed E-state index contributed by atoms with van der Waals surface area (Å²) in [6.45, 7) is 2.75. The molecular weight excluding hydrogens is 228 g/mol. The van der Waals surface area contributed by atoms with Gasteiger partial charge in [-0.15, -0.1) is 0 Å². The van der Waals surface area contributed by atoms with Gasteiger partial charge in [-0.05, 0) is 6.92 Å². The van der Waals surface area contributed by atoms with Crippen LogP contribution in [0.1, 0.15) is 20.3 Å². The van der Waals surface area contributed by atoms with Gasteiger partial charge in [-0.1, -0.05) is 0 Å². The summed E-state index contributed by atoms with van der Waals surface area (Å²) in [6, 6.07) is -1.81. The number of carbonyl (C=O) groups excluding carboxylic acids is 2. The molecule has 0 aliphatic carbocycles. The lowest BCUT2D eigenvalue weighted by atomic mass is 10.1. The van der Waals surface area contributed by atoms with E-state index in [0.717, 1.165) is 0 Å². The second kappa shape index (κ2) is 5.13. The number of rotatable bonds is 3. The van der Waals surface area contributed by atoms with Crippen LogP contribution in [0.15, 0.2) is 0 Å². The predicted octanol–water partition coefficient (Wildman–Crippen LogP) is -1.44. The topological polar surface area (TPSA) is 107 Å². The number of aliphatic hydroxyl groups excluding tert-OH is 1. The van der Waals surface area contributed by atoms with Crippen LogP contribution in [-0.4, -0.2) is 57.6 Å². The monoisotopic (exact) mass is 244 g/mol. The van der Waals surface area contributed by atoms with E-state index >= 15 is 0 Å². The third-order valence-corrected chi connectivity index (χ3v) is 2.72. The van der Waals surface area contributed by atoms with Crippen molar-refractivity contribution in [2.75, 3.05) is 6.54 Å². The first-order valence-corrected chi connectivity index (χ1v) is 5.31. The van der Waals surface area contributed by atoms with Gasteiger partial charge in [0.25, 0.3) is 0 Å². The molecule has 2 amide bonds. The van der Waals surface area contributed by atoms with Gasteiger partial charge < -0.3 is 20.4 Å². The first-order chi connectivity index (χ1) is 7.82. The summed E-state index contributed by atoms with van der Waals surface area (Å²) in [7, 11) is 0. The van der Waals surface area contributed by atoms with Gasteiger partial charge in [0.2, 0.25) is 11.8 Å². The molecule has 0 aromatic rings. The zero-order chi connectivity index (χ0) is 13.2. The molecule has 0 radical (unpaired) electrons. The summed E-state index contributed by atoms with van der Waals surface area (Å²) < 4.78 is 0. The molecule has 1 saturated heterocycles. The largest absolute Gasteiger partial charge is 0.480 e. The normalized spacial score (nSPS) is 25.5. The van der Waals surface area contributed by atoms with Crippen molar-refractivity contribution < 1.29 is 24.6 Å². The lowest BCUT2D eigenvalue weighted by molar-refractivity contribution is -0.143. The number of nitrogens with one attached hydrogen (secondary N) is 1. The summed E-state index contributed by atoms with van der Waals surface area (Å²) >= 11 is 0. The Hall–Kier alpha value is -1.63. The number of hydrogen-bond acceptors (Lipinski definition) is 4. The number of aliphatic carboxylic acids is 1. The quantitative estimate of drug-likeness (QED) is 0.563. The number of β-amino-alcohol motifs (C(OH)–C–C–N with tert-alkyl or cyclic N) is 1. The van der Waals surface area contributed by atoms with Crippen molar-refractivity contribution in [3.63, 3.8) is 0 Å². The van der Waals surface area contributed by atoms with Crippen LogP contribution in [0.3, 0.4) is 0 Å². The van der Waals surface area contributed by atoms with Crippen LogP contribution in [0.2, 0.25) is 0 Å². The van der Waals surface area contributed by atoms with Crippen molar-refractivity contribution in [2.45, 2.75) is 38.5 Å². The van der Waals surface area contributed by atoms with Gasteiger partial charge in [-0.25, -0.2) is 0 Å².